The summed E-state index contributed by atoms with van der Waals surface area (Å²) in [5.74, 6) is 0.613. The third-order valence-corrected chi connectivity index (χ3v) is 5.63. The zero-order valence-electron chi connectivity index (χ0n) is 19.5. The lowest BCUT2D eigenvalue weighted by Crippen LogP contribution is -2.36. The standard InChI is InChI=1S/C26H32N4O2/c1-17(2)19(4)27-23(31)15-16-24(32)28-26-25(21-9-7-6-8-10-21)20(5)29-30(26)22-13-11-18(3)12-14-22/h6-14,17,19H,15-16H2,1-5H3,(H,27,31)(H,28,32). The van der Waals surface area contributed by atoms with Crippen LogP contribution in [0.1, 0.15) is 44.9 Å². The zero-order valence-corrected chi connectivity index (χ0v) is 19.5. The maximum absolute atomic E-state index is 12.8. The van der Waals surface area contributed by atoms with Gasteiger partial charge in [0, 0.05) is 24.4 Å². The molecule has 1 atom stereocenters. The average molecular weight is 433 g/mol. The predicted octanol–water partition coefficient (Wildman–Crippen LogP) is 5.04. The molecule has 1 aromatic heterocycles. The predicted molar refractivity (Wildman–Crippen MR) is 129 cm³/mol. The number of carbonyl (C=O) groups excluding carboxylic acids is 2. The van der Waals surface area contributed by atoms with Crippen molar-refractivity contribution in [3.63, 3.8) is 0 Å². The number of nitrogens with one attached hydrogen (secondary N) is 2. The number of amides is 2. The van der Waals surface area contributed by atoms with Gasteiger partial charge in [-0.1, -0.05) is 61.9 Å². The van der Waals surface area contributed by atoms with Crippen LogP contribution >= 0.6 is 0 Å². The van der Waals surface area contributed by atoms with E-state index in [9.17, 15) is 9.59 Å². The minimum atomic E-state index is -0.220. The maximum Gasteiger partial charge on any atom is 0.226 e. The molecule has 2 aromatic carbocycles. The fraction of sp³-hybridized carbons (Fsp3) is 0.346. The summed E-state index contributed by atoms with van der Waals surface area (Å²) in [6, 6.07) is 17.9. The third-order valence-electron chi connectivity index (χ3n) is 5.63. The Labute approximate surface area is 190 Å². The number of anilines is 1. The van der Waals surface area contributed by atoms with Crippen LogP contribution in [0.4, 0.5) is 5.82 Å². The van der Waals surface area contributed by atoms with E-state index in [0.717, 1.165) is 28.1 Å². The lowest BCUT2D eigenvalue weighted by atomic mass is 10.1. The Bertz CT molecular complexity index is 1070. The number of rotatable bonds is 8. The van der Waals surface area contributed by atoms with Gasteiger partial charge in [0.1, 0.15) is 5.82 Å². The number of aromatic nitrogens is 2. The Morgan fingerprint density at radius 3 is 2.16 bits per heavy atom. The molecule has 2 amide bonds. The van der Waals surface area contributed by atoms with Crippen molar-refractivity contribution in [3.05, 3.63) is 65.9 Å². The van der Waals surface area contributed by atoms with Crippen LogP contribution in [0.25, 0.3) is 16.8 Å². The first-order valence-electron chi connectivity index (χ1n) is 11.1. The van der Waals surface area contributed by atoms with Crippen LogP contribution in [0, 0.1) is 19.8 Å². The van der Waals surface area contributed by atoms with E-state index >= 15 is 0 Å². The molecule has 3 rings (SSSR count). The van der Waals surface area contributed by atoms with Crippen LogP contribution in [-0.4, -0.2) is 27.6 Å². The van der Waals surface area contributed by atoms with Gasteiger partial charge in [-0.15, -0.1) is 0 Å². The van der Waals surface area contributed by atoms with Crippen LogP contribution < -0.4 is 10.6 Å². The van der Waals surface area contributed by atoms with Gasteiger partial charge in [0.05, 0.1) is 11.4 Å². The van der Waals surface area contributed by atoms with Crippen molar-refractivity contribution in [1.82, 2.24) is 15.1 Å². The molecule has 168 valence electrons. The largest absolute Gasteiger partial charge is 0.353 e. The quantitative estimate of drug-likeness (QED) is 0.524. The van der Waals surface area contributed by atoms with E-state index in [-0.39, 0.29) is 30.7 Å². The maximum atomic E-state index is 12.8. The van der Waals surface area contributed by atoms with Gasteiger partial charge in [-0.25, -0.2) is 4.68 Å². The fourth-order valence-corrected chi connectivity index (χ4v) is 3.38. The number of nitrogens with zero attached hydrogens (tertiary/aromatic N) is 2. The molecule has 0 aliphatic carbocycles. The van der Waals surface area contributed by atoms with Crippen LogP contribution in [-0.2, 0) is 9.59 Å². The van der Waals surface area contributed by atoms with Crippen molar-refractivity contribution in [2.75, 3.05) is 5.32 Å². The van der Waals surface area contributed by atoms with E-state index in [2.05, 4.69) is 24.5 Å². The first-order valence-corrected chi connectivity index (χ1v) is 11.1. The second-order valence-corrected chi connectivity index (χ2v) is 8.57. The monoisotopic (exact) mass is 432 g/mol. The minimum absolute atomic E-state index is 0.0702. The van der Waals surface area contributed by atoms with Crippen molar-refractivity contribution in [2.45, 2.75) is 53.5 Å². The molecule has 0 bridgehead atoms. The molecule has 2 N–H and O–H groups in total. The van der Waals surface area contributed by atoms with Crippen molar-refractivity contribution in [2.24, 2.45) is 5.92 Å². The highest BCUT2D eigenvalue weighted by atomic mass is 16.2. The summed E-state index contributed by atoms with van der Waals surface area (Å²) in [6.45, 7) is 10.0. The SMILES string of the molecule is Cc1ccc(-n2nc(C)c(-c3ccccc3)c2NC(=O)CCC(=O)NC(C)C(C)C)cc1. The van der Waals surface area contributed by atoms with Crippen molar-refractivity contribution in [3.8, 4) is 16.8 Å². The third kappa shape index (κ3) is 5.63. The molecule has 0 radical (unpaired) electrons. The molecule has 0 aliphatic rings. The Morgan fingerprint density at radius 1 is 0.906 bits per heavy atom. The van der Waals surface area contributed by atoms with E-state index in [1.807, 2.05) is 75.4 Å². The summed E-state index contributed by atoms with van der Waals surface area (Å²) >= 11 is 0. The second kappa shape index (κ2) is 10.3. The highest BCUT2D eigenvalue weighted by Crippen LogP contribution is 2.33. The Kier molecular flexibility index (Phi) is 7.46. The molecule has 6 nitrogen and oxygen atoms in total. The molecule has 0 spiro atoms. The van der Waals surface area contributed by atoms with Crippen molar-refractivity contribution < 1.29 is 9.59 Å². The van der Waals surface area contributed by atoms with Gasteiger partial charge >= 0.3 is 0 Å². The Morgan fingerprint density at radius 2 is 1.53 bits per heavy atom. The van der Waals surface area contributed by atoms with Gasteiger partial charge in [0.15, 0.2) is 0 Å². The average Bonchev–Trinajstić information content (AvgIpc) is 3.09. The van der Waals surface area contributed by atoms with Gasteiger partial charge in [0.2, 0.25) is 11.8 Å². The highest BCUT2D eigenvalue weighted by molar-refractivity contribution is 5.97. The molecule has 1 unspecified atom stereocenters. The lowest BCUT2D eigenvalue weighted by Gasteiger charge is -2.17. The van der Waals surface area contributed by atoms with E-state index < -0.39 is 0 Å². The normalized spacial score (nSPS) is 11.9. The molecular weight excluding hydrogens is 400 g/mol. The fourth-order valence-electron chi connectivity index (χ4n) is 3.38. The highest BCUT2D eigenvalue weighted by Gasteiger charge is 2.20. The summed E-state index contributed by atoms with van der Waals surface area (Å²) in [5.41, 5.74) is 4.67. The molecule has 3 aromatic rings. The summed E-state index contributed by atoms with van der Waals surface area (Å²) in [4.78, 5) is 25.1. The molecule has 6 heteroatoms. The van der Waals surface area contributed by atoms with Crippen LogP contribution in [0.3, 0.4) is 0 Å². The van der Waals surface area contributed by atoms with E-state index in [4.69, 9.17) is 5.10 Å². The Balaban J connectivity index is 1.86. The number of hydrogen-bond acceptors (Lipinski definition) is 3. The topological polar surface area (TPSA) is 76.0 Å². The summed E-state index contributed by atoms with van der Waals surface area (Å²) in [5, 5.41) is 10.7. The molecule has 0 saturated heterocycles. The molecule has 1 heterocycles. The smallest absolute Gasteiger partial charge is 0.226 e. The second-order valence-electron chi connectivity index (χ2n) is 8.57. The van der Waals surface area contributed by atoms with E-state index in [1.165, 1.54) is 0 Å². The molecule has 0 aliphatic heterocycles. The zero-order chi connectivity index (χ0) is 23.3. The first-order chi connectivity index (χ1) is 15.3. The van der Waals surface area contributed by atoms with E-state index in [0.29, 0.717) is 11.7 Å². The number of hydrogen-bond donors (Lipinski definition) is 2. The van der Waals surface area contributed by atoms with Gasteiger partial charge < -0.3 is 10.6 Å². The summed E-state index contributed by atoms with van der Waals surface area (Å²) in [6.07, 6.45) is 0.240. The van der Waals surface area contributed by atoms with Crippen LogP contribution in [0.15, 0.2) is 54.6 Å². The molecule has 0 saturated carbocycles. The lowest BCUT2D eigenvalue weighted by molar-refractivity contribution is -0.125. The van der Waals surface area contributed by atoms with Gasteiger partial charge in [-0.05, 0) is 44.4 Å². The van der Waals surface area contributed by atoms with Crippen molar-refractivity contribution >= 4 is 17.6 Å². The van der Waals surface area contributed by atoms with Gasteiger partial charge in [-0.3, -0.25) is 9.59 Å². The first kappa shape index (κ1) is 23.3. The molecule has 32 heavy (non-hydrogen) atoms. The number of benzene rings is 2. The van der Waals surface area contributed by atoms with Crippen molar-refractivity contribution in [1.29, 1.82) is 0 Å². The molecular formula is C26H32N4O2. The van der Waals surface area contributed by atoms with Crippen LogP contribution in [0.2, 0.25) is 0 Å². The van der Waals surface area contributed by atoms with Gasteiger partial charge in [0.25, 0.3) is 0 Å². The summed E-state index contributed by atoms with van der Waals surface area (Å²) in [7, 11) is 0. The number of carbonyl (C=O) groups is 2. The van der Waals surface area contributed by atoms with Crippen LogP contribution in [0.5, 0.6) is 0 Å². The number of aryl methyl sites for hydroxylation is 2. The van der Waals surface area contributed by atoms with E-state index in [1.54, 1.807) is 4.68 Å². The summed E-state index contributed by atoms with van der Waals surface area (Å²) < 4.78 is 1.76. The Hall–Kier alpha value is -3.41. The molecule has 0 fully saturated rings. The van der Waals surface area contributed by atoms with Gasteiger partial charge in [-0.2, -0.15) is 5.10 Å². The minimum Gasteiger partial charge on any atom is -0.353 e.